The van der Waals surface area contributed by atoms with Crippen LogP contribution < -0.4 is 0 Å². The molecule has 3 N–H and O–H groups in total. The van der Waals surface area contributed by atoms with Crippen LogP contribution in [0.4, 0.5) is 0 Å². The van der Waals surface area contributed by atoms with Crippen molar-refractivity contribution in [3.05, 3.63) is 0 Å². The number of aliphatic hydroxyl groups excluding tert-OH is 1. The number of carbonyl (C=O) groups excluding carboxylic acids is 4. The Bertz CT molecular complexity index is 1620. The molecule has 0 aliphatic carbocycles. The molecule has 0 aliphatic heterocycles. The Morgan fingerprint density at radius 2 is 0.476 bits per heavy atom. The number of rotatable bonds is 66. The molecule has 0 aromatic heterocycles. The lowest BCUT2D eigenvalue weighted by atomic mass is 10.0. The van der Waals surface area contributed by atoms with Crippen LogP contribution in [0.25, 0.3) is 0 Å². The molecule has 0 aromatic carbocycles. The molecule has 0 spiro atoms. The molecule has 0 saturated carbocycles. The van der Waals surface area contributed by atoms with Gasteiger partial charge in [0.2, 0.25) is 0 Å². The third kappa shape index (κ3) is 59.0. The van der Waals surface area contributed by atoms with Gasteiger partial charge in [-0.25, -0.2) is 9.13 Å². The van der Waals surface area contributed by atoms with Crippen LogP contribution in [0.1, 0.15) is 336 Å². The molecular formula is C65H126O17P2. The molecule has 0 rings (SSSR count). The van der Waals surface area contributed by atoms with E-state index in [9.17, 15) is 43.2 Å². The summed E-state index contributed by atoms with van der Waals surface area (Å²) < 4.78 is 67.7. The van der Waals surface area contributed by atoms with Crippen molar-refractivity contribution in [2.45, 2.75) is 354 Å². The first-order valence-electron chi connectivity index (χ1n) is 34.3. The van der Waals surface area contributed by atoms with Crippen molar-refractivity contribution < 1.29 is 80.2 Å². The van der Waals surface area contributed by atoms with Crippen molar-refractivity contribution >= 4 is 39.5 Å². The predicted molar refractivity (Wildman–Crippen MR) is 335 cm³/mol. The summed E-state index contributed by atoms with van der Waals surface area (Å²) >= 11 is 0. The molecule has 5 atom stereocenters. The lowest BCUT2D eigenvalue weighted by Gasteiger charge is -2.21. The Morgan fingerprint density at radius 1 is 0.286 bits per heavy atom. The van der Waals surface area contributed by atoms with E-state index in [0.717, 1.165) is 109 Å². The zero-order valence-electron chi connectivity index (χ0n) is 53.9. The van der Waals surface area contributed by atoms with Gasteiger partial charge in [0.25, 0.3) is 0 Å². The summed E-state index contributed by atoms with van der Waals surface area (Å²) in [6.07, 6.45) is 46.4. The first-order chi connectivity index (χ1) is 40.7. The SMILES string of the molecule is CCCCCCCCCCCCCCCCCCCC(=O)O[C@H](COC(=O)CCCCCCCCCCCCCCCCC)COP(=O)(O)OC[C@@H](O)COP(=O)(O)OC[C@@H](COC(=O)CCCCCCC)OC(=O)CCCCCCCCC. The van der Waals surface area contributed by atoms with E-state index in [1.807, 2.05) is 0 Å². The van der Waals surface area contributed by atoms with E-state index in [1.54, 1.807) is 0 Å². The third-order valence-corrected chi connectivity index (χ3v) is 17.0. The van der Waals surface area contributed by atoms with Crippen LogP contribution in [0.2, 0.25) is 0 Å². The second kappa shape index (κ2) is 60.0. The molecule has 19 heteroatoms. The maximum absolute atomic E-state index is 13.0. The molecular weight excluding hydrogens is 1110 g/mol. The highest BCUT2D eigenvalue weighted by Crippen LogP contribution is 2.45. The summed E-state index contributed by atoms with van der Waals surface area (Å²) in [7, 11) is -9.87. The van der Waals surface area contributed by atoms with E-state index in [2.05, 4.69) is 27.7 Å². The Hall–Kier alpha value is -1.94. The Morgan fingerprint density at radius 3 is 0.702 bits per heavy atom. The molecule has 0 aliphatic rings. The number of aliphatic hydroxyl groups is 1. The van der Waals surface area contributed by atoms with Gasteiger partial charge in [0.1, 0.15) is 19.3 Å². The summed E-state index contributed by atoms with van der Waals surface area (Å²) in [6, 6.07) is 0. The summed E-state index contributed by atoms with van der Waals surface area (Å²) in [5.41, 5.74) is 0. The van der Waals surface area contributed by atoms with Gasteiger partial charge in [-0.05, 0) is 25.7 Å². The smallest absolute Gasteiger partial charge is 0.462 e. The average molecular weight is 1240 g/mol. The Labute approximate surface area is 511 Å². The monoisotopic (exact) mass is 1240 g/mol. The fourth-order valence-corrected chi connectivity index (χ4v) is 11.4. The molecule has 2 unspecified atom stereocenters. The van der Waals surface area contributed by atoms with Crippen molar-refractivity contribution in [2.24, 2.45) is 0 Å². The summed E-state index contributed by atoms with van der Waals surface area (Å²) in [6.45, 7) is 4.78. The maximum Gasteiger partial charge on any atom is 0.472 e. The molecule has 0 saturated heterocycles. The van der Waals surface area contributed by atoms with Gasteiger partial charge < -0.3 is 33.8 Å². The van der Waals surface area contributed by atoms with Crippen LogP contribution in [0.15, 0.2) is 0 Å². The Balaban J connectivity index is 5.12. The highest BCUT2D eigenvalue weighted by atomic mass is 31.2. The normalized spacial score (nSPS) is 14.1. The van der Waals surface area contributed by atoms with Crippen molar-refractivity contribution in [1.29, 1.82) is 0 Å². The van der Waals surface area contributed by atoms with Crippen LogP contribution in [-0.2, 0) is 65.4 Å². The van der Waals surface area contributed by atoms with Gasteiger partial charge in [0, 0.05) is 25.7 Å². The number of hydrogen-bond donors (Lipinski definition) is 3. The van der Waals surface area contributed by atoms with Gasteiger partial charge in [0.15, 0.2) is 12.2 Å². The first-order valence-corrected chi connectivity index (χ1v) is 37.3. The molecule has 0 radical (unpaired) electrons. The fourth-order valence-electron chi connectivity index (χ4n) is 9.81. The molecule has 84 heavy (non-hydrogen) atoms. The summed E-state index contributed by atoms with van der Waals surface area (Å²) in [5.74, 6) is -2.14. The van der Waals surface area contributed by atoms with Crippen molar-refractivity contribution in [3.63, 3.8) is 0 Å². The number of unbranched alkanes of at least 4 members (excludes halogenated alkanes) is 40. The first kappa shape index (κ1) is 82.1. The zero-order chi connectivity index (χ0) is 61.9. The van der Waals surface area contributed by atoms with Crippen LogP contribution >= 0.6 is 15.6 Å². The third-order valence-electron chi connectivity index (χ3n) is 15.1. The van der Waals surface area contributed by atoms with Crippen molar-refractivity contribution in [2.75, 3.05) is 39.6 Å². The lowest BCUT2D eigenvalue weighted by molar-refractivity contribution is -0.161. The highest BCUT2D eigenvalue weighted by Gasteiger charge is 2.30. The predicted octanol–water partition coefficient (Wildman–Crippen LogP) is 18.3. The van der Waals surface area contributed by atoms with Crippen molar-refractivity contribution in [1.82, 2.24) is 0 Å². The van der Waals surface area contributed by atoms with Crippen LogP contribution in [0.5, 0.6) is 0 Å². The van der Waals surface area contributed by atoms with E-state index in [1.165, 1.54) is 148 Å². The van der Waals surface area contributed by atoms with Gasteiger partial charge in [0.05, 0.1) is 26.4 Å². The van der Waals surface area contributed by atoms with Crippen LogP contribution in [0, 0.1) is 0 Å². The van der Waals surface area contributed by atoms with E-state index in [4.69, 9.17) is 37.0 Å². The number of hydrogen-bond acceptors (Lipinski definition) is 15. The van der Waals surface area contributed by atoms with Crippen molar-refractivity contribution in [3.8, 4) is 0 Å². The van der Waals surface area contributed by atoms with Gasteiger partial charge in [-0.15, -0.1) is 0 Å². The maximum atomic E-state index is 13.0. The van der Waals surface area contributed by atoms with E-state index >= 15 is 0 Å². The van der Waals surface area contributed by atoms with Crippen LogP contribution in [-0.4, -0.2) is 96.7 Å². The minimum absolute atomic E-state index is 0.103. The minimum atomic E-state index is -4.94. The summed E-state index contributed by atoms with van der Waals surface area (Å²) in [4.78, 5) is 71.9. The quantitative estimate of drug-likeness (QED) is 0.0222. The highest BCUT2D eigenvalue weighted by molar-refractivity contribution is 7.47. The standard InChI is InChI=1S/C65H126O17P2/c1-5-9-13-17-20-22-24-26-28-29-31-33-35-37-40-44-48-52-65(70)82-61(56-76-63(68)50-46-42-39-36-34-32-30-27-25-23-21-18-14-10-6-2)58-80-84(73,74)78-54-59(66)53-77-83(71,72)79-57-60(55-75-62(67)49-45-41-16-12-8-4)81-64(69)51-47-43-38-19-15-11-7-3/h59-61,66H,5-58H2,1-4H3,(H,71,72)(H,73,74)/t59-,60+,61+/m0/s1. The minimum Gasteiger partial charge on any atom is -0.462 e. The number of phosphoric ester groups is 2. The molecule has 0 fully saturated rings. The Kier molecular flexibility index (Phi) is 58.6. The van der Waals surface area contributed by atoms with E-state index in [-0.39, 0.29) is 25.7 Å². The summed E-state index contributed by atoms with van der Waals surface area (Å²) in [5, 5.41) is 10.5. The number of phosphoric acid groups is 2. The topological polar surface area (TPSA) is 237 Å². The van der Waals surface area contributed by atoms with Crippen LogP contribution in [0.3, 0.4) is 0 Å². The number of ether oxygens (including phenoxy) is 4. The fraction of sp³-hybridized carbons (Fsp3) is 0.938. The van der Waals surface area contributed by atoms with E-state index < -0.39 is 97.5 Å². The second-order valence-corrected chi connectivity index (χ2v) is 26.4. The van der Waals surface area contributed by atoms with Gasteiger partial charge in [-0.1, -0.05) is 285 Å². The van der Waals surface area contributed by atoms with Gasteiger partial charge >= 0.3 is 39.5 Å². The zero-order valence-corrected chi connectivity index (χ0v) is 55.7. The molecule has 0 aromatic rings. The molecule has 0 amide bonds. The average Bonchev–Trinajstić information content (AvgIpc) is 3.49. The molecule has 0 heterocycles. The lowest BCUT2D eigenvalue weighted by Crippen LogP contribution is -2.30. The molecule has 17 nitrogen and oxygen atoms in total. The molecule has 0 bridgehead atoms. The van der Waals surface area contributed by atoms with Gasteiger partial charge in [-0.2, -0.15) is 0 Å². The van der Waals surface area contributed by atoms with E-state index in [0.29, 0.717) is 25.7 Å². The molecule has 498 valence electrons. The second-order valence-electron chi connectivity index (χ2n) is 23.5. The van der Waals surface area contributed by atoms with Gasteiger partial charge in [-0.3, -0.25) is 37.3 Å². The largest absolute Gasteiger partial charge is 0.472 e. The number of carbonyl (C=O) groups is 4. The number of esters is 4.